The lowest BCUT2D eigenvalue weighted by molar-refractivity contribution is -0.141. The number of carbonyl (C=O) groups excluding carboxylic acids is 3. The van der Waals surface area contributed by atoms with Crippen LogP contribution >= 0.6 is 0 Å². The molecule has 0 radical (unpaired) electrons. The first kappa shape index (κ1) is 19.0. The van der Waals surface area contributed by atoms with Crippen LogP contribution in [-0.2, 0) is 19.1 Å². The molecule has 0 heterocycles. The maximum Gasteiger partial charge on any atom is 0.307 e. The molecule has 1 unspecified atom stereocenters. The van der Waals surface area contributed by atoms with E-state index in [0.29, 0.717) is 0 Å². The maximum absolute atomic E-state index is 12.2. The second-order valence-electron chi connectivity index (χ2n) is 6.36. The molecule has 1 aliphatic rings. The zero-order chi connectivity index (χ0) is 18.1. The number of ether oxygens (including phenoxy) is 1. The first-order valence-corrected chi connectivity index (χ1v) is 8.79. The molecule has 1 fully saturated rings. The standard InChI is InChI=1S/C19H26N2O4/c1-25-18(23)12-16(14-8-4-2-5-9-14)21-17(22)13-20-19(24)15-10-6-3-7-11-15/h2,4-5,8-9,15-16H,3,6-7,10-13H2,1H3,(H,20,24)(H,21,22). The molecule has 1 aliphatic carbocycles. The van der Waals surface area contributed by atoms with Gasteiger partial charge in [-0.05, 0) is 18.4 Å². The fourth-order valence-electron chi connectivity index (χ4n) is 3.11. The number of rotatable bonds is 7. The molecule has 2 N–H and O–H groups in total. The van der Waals surface area contributed by atoms with Gasteiger partial charge in [0.05, 0.1) is 26.1 Å². The van der Waals surface area contributed by atoms with Crippen molar-refractivity contribution in [2.75, 3.05) is 13.7 Å². The lowest BCUT2D eigenvalue weighted by Crippen LogP contribution is -2.41. The van der Waals surface area contributed by atoms with Gasteiger partial charge in [-0.15, -0.1) is 0 Å². The summed E-state index contributed by atoms with van der Waals surface area (Å²) in [6, 6.07) is 8.76. The van der Waals surface area contributed by atoms with Crippen LogP contribution in [-0.4, -0.2) is 31.4 Å². The molecule has 6 heteroatoms. The zero-order valence-electron chi connectivity index (χ0n) is 14.6. The monoisotopic (exact) mass is 346 g/mol. The summed E-state index contributed by atoms with van der Waals surface area (Å²) in [5.41, 5.74) is 0.819. The Kier molecular flexibility index (Phi) is 7.44. The average molecular weight is 346 g/mol. The Morgan fingerprint density at radius 1 is 1.12 bits per heavy atom. The number of hydrogen-bond acceptors (Lipinski definition) is 4. The fraction of sp³-hybridized carbons (Fsp3) is 0.526. The number of methoxy groups -OCH3 is 1. The van der Waals surface area contributed by atoms with Crippen molar-refractivity contribution >= 4 is 17.8 Å². The molecule has 0 spiro atoms. The van der Waals surface area contributed by atoms with E-state index in [0.717, 1.165) is 31.2 Å². The Labute approximate surface area is 148 Å². The molecule has 1 aromatic carbocycles. The van der Waals surface area contributed by atoms with Crippen molar-refractivity contribution in [1.29, 1.82) is 0 Å². The molecule has 0 aliphatic heterocycles. The number of hydrogen-bond donors (Lipinski definition) is 2. The van der Waals surface area contributed by atoms with E-state index in [1.165, 1.54) is 13.5 Å². The second-order valence-corrected chi connectivity index (χ2v) is 6.36. The predicted molar refractivity (Wildman–Crippen MR) is 93.5 cm³/mol. The summed E-state index contributed by atoms with van der Waals surface area (Å²) in [5, 5.41) is 5.51. The van der Waals surface area contributed by atoms with Crippen LogP contribution in [0.25, 0.3) is 0 Å². The highest BCUT2D eigenvalue weighted by molar-refractivity contribution is 5.86. The van der Waals surface area contributed by atoms with E-state index >= 15 is 0 Å². The summed E-state index contributed by atoms with van der Waals surface area (Å²) in [6.07, 6.45) is 5.14. The van der Waals surface area contributed by atoms with Crippen molar-refractivity contribution in [1.82, 2.24) is 10.6 Å². The van der Waals surface area contributed by atoms with Crippen molar-refractivity contribution in [2.24, 2.45) is 5.92 Å². The third-order valence-corrected chi connectivity index (χ3v) is 4.53. The Morgan fingerprint density at radius 3 is 2.44 bits per heavy atom. The minimum absolute atomic E-state index is 0.0153. The van der Waals surface area contributed by atoms with Gasteiger partial charge in [0.15, 0.2) is 0 Å². The van der Waals surface area contributed by atoms with Crippen LogP contribution in [0.2, 0.25) is 0 Å². The number of nitrogens with one attached hydrogen (secondary N) is 2. The third kappa shape index (κ3) is 6.21. The first-order valence-electron chi connectivity index (χ1n) is 8.79. The topological polar surface area (TPSA) is 84.5 Å². The Balaban J connectivity index is 1.88. The third-order valence-electron chi connectivity index (χ3n) is 4.53. The van der Waals surface area contributed by atoms with Crippen LogP contribution in [0.4, 0.5) is 0 Å². The summed E-state index contributed by atoms with van der Waals surface area (Å²) >= 11 is 0. The first-order chi connectivity index (χ1) is 12.1. The molecule has 1 saturated carbocycles. The van der Waals surface area contributed by atoms with Gasteiger partial charge in [0.2, 0.25) is 11.8 Å². The van der Waals surface area contributed by atoms with E-state index in [-0.39, 0.29) is 30.7 Å². The normalized spacial score (nSPS) is 15.9. The van der Waals surface area contributed by atoms with E-state index in [9.17, 15) is 14.4 Å². The highest BCUT2D eigenvalue weighted by Gasteiger charge is 2.22. The van der Waals surface area contributed by atoms with Crippen LogP contribution in [0.3, 0.4) is 0 Å². The molecule has 0 saturated heterocycles. The van der Waals surface area contributed by atoms with Gasteiger partial charge in [-0.1, -0.05) is 49.6 Å². The second kappa shape index (κ2) is 9.81. The molecule has 2 rings (SSSR count). The zero-order valence-corrected chi connectivity index (χ0v) is 14.6. The Bertz CT molecular complexity index is 582. The largest absolute Gasteiger partial charge is 0.469 e. The molecular weight excluding hydrogens is 320 g/mol. The van der Waals surface area contributed by atoms with E-state index in [1.54, 1.807) is 0 Å². The van der Waals surface area contributed by atoms with Crippen LogP contribution in [0.1, 0.15) is 50.1 Å². The summed E-state index contributed by atoms with van der Waals surface area (Å²) in [5.74, 6) is -0.761. The SMILES string of the molecule is COC(=O)CC(NC(=O)CNC(=O)C1CCCCC1)c1ccccc1. The van der Waals surface area contributed by atoms with Gasteiger partial charge in [-0.3, -0.25) is 14.4 Å². The molecule has 136 valence electrons. The molecule has 6 nitrogen and oxygen atoms in total. The highest BCUT2D eigenvalue weighted by atomic mass is 16.5. The molecule has 2 amide bonds. The molecule has 1 atom stereocenters. The number of esters is 1. The number of benzene rings is 1. The molecular formula is C19H26N2O4. The van der Waals surface area contributed by atoms with Crippen molar-refractivity contribution in [2.45, 2.75) is 44.6 Å². The Hall–Kier alpha value is -2.37. The fourth-order valence-corrected chi connectivity index (χ4v) is 3.11. The van der Waals surface area contributed by atoms with Crippen molar-refractivity contribution in [3.63, 3.8) is 0 Å². The van der Waals surface area contributed by atoms with Gasteiger partial charge >= 0.3 is 5.97 Å². The van der Waals surface area contributed by atoms with Crippen molar-refractivity contribution in [3.05, 3.63) is 35.9 Å². The van der Waals surface area contributed by atoms with Crippen LogP contribution in [0, 0.1) is 5.92 Å². The molecule has 1 aromatic rings. The van der Waals surface area contributed by atoms with Gasteiger partial charge < -0.3 is 15.4 Å². The van der Waals surface area contributed by atoms with E-state index < -0.39 is 12.0 Å². The maximum atomic E-state index is 12.2. The summed E-state index contributed by atoms with van der Waals surface area (Å²) in [4.78, 5) is 35.9. The van der Waals surface area contributed by atoms with Crippen LogP contribution in [0.15, 0.2) is 30.3 Å². The minimum atomic E-state index is -0.479. The quantitative estimate of drug-likeness (QED) is 0.741. The molecule has 0 aromatic heterocycles. The van der Waals surface area contributed by atoms with Crippen LogP contribution in [0.5, 0.6) is 0 Å². The molecule has 0 bridgehead atoms. The van der Waals surface area contributed by atoms with Crippen LogP contribution < -0.4 is 10.6 Å². The summed E-state index contributed by atoms with van der Waals surface area (Å²) in [6.45, 7) is -0.0835. The average Bonchev–Trinajstić information content (AvgIpc) is 2.66. The van der Waals surface area contributed by atoms with Gasteiger partial charge in [-0.25, -0.2) is 0 Å². The van der Waals surface area contributed by atoms with Gasteiger partial charge in [0.25, 0.3) is 0 Å². The van der Waals surface area contributed by atoms with Crippen molar-refractivity contribution in [3.8, 4) is 0 Å². The number of amides is 2. The summed E-state index contributed by atoms with van der Waals surface area (Å²) in [7, 11) is 1.32. The van der Waals surface area contributed by atoms with E-state index in [4.69, 9.17) is 4.74 Å². The van der Waals surface area contributed by atoms with E-state index in [2.05, 4.69) is 10.6 Å². The van der Waals surface area contributed by atoms with Gasteiger partial charge in [-0.2, -0.15) is 0 Å². The summed E-state index contributed by atoms with van der Waals surface area (Å²) < 4.78 is 4.70. The lowest BCUT2D eigenvalue weighted by atomic mass is 9.89. The minimum Gasteiger partial charge on any atom is -0.469 e. The van der Waals surface area contributed by atoms with Crippen molar-refractivity contribution < 1.29 is 19.1 Å². The van der Waals surface area contributed by atoms with E-state index in [1.807, 2.05) is 30.3 Å². The Morgan fingerprint density at radius 2 is 1.80 bits per heavy atom. The van der Waals surface area contributed by atoms with Gasteiger partial charge in [0.1, 0.15) is 0 Å². The molecule has 25 heavy (non-hydrogen) atoms. The lowest BCUT2D eigenvalue weighted by Gasteiger charge is -2.21. The van der Waals surface area contributed by atoms with Gasteiger partial charge in [0, 0.05) is 5.92 Å². The predicted octanol–water partition coefficient (Wildman–Crippen LogP) is 2.10. The number of carbonyl (C=O) groups is 3. The highest BCUT2D eigenvalue weighted by Crippen LogP contribution is 2.23. The smallest absolute Gasteiger partial charge is 0.307 e.